The molecular formula is C50H51ClF4N8O6. The Morgan fingerprint density at radius 3 is 2.43 bits per heavy atom. The second-order valence-corrected chi connectivity index (χ2v) is 20.8. The van der Waals surface area contributed by atoms with Crippen LogP contribution in [-0.2, 0) is 32.5 Å². The molecule has 3 aromatic carbocycles. The van der Waals surface area contributed by atoms with Crippen molar-refractivity contribution in [1.82, 2.24) is 25.4 Å². The van der Waals surface area contributed by atoms with Crippen molar-refractivity contribution < 1.29 is 46.3 Å². The molecule has 5 amide bonds. The molecule has 19 heteroatoms. The van der Waals surface area contributed by atoms with Crippen LogP contribution in [0.5, 0.6) is 5.75 Å². The van der Waals surface area contributed by atoms with E-state index in [0.717, 1.165) is 17.3 Å². The van der Waals surface area contributed by atoms with Crippen LogP contribution in [0.1, 0.15) is 89.1 Å². The van der Waals surface area contributed by atoms with Crippen LogP contribution < -0.4 is 30.9 Å². The van der Waals surface area contributed by atoms with E-state index in [1.165, 1.54) is 24.3 Å². The number of carbonyl (C=O) groups is 5. The first-order chi connectivity index (χ1) is 32.7. The molecule has 0 aliphatic carbocycles. The Balaban J connectivity index is 0.853. The lowest BCUT2D eigenvalue weighted by atomic mass is 9.63. The number of hydrogen-bond acceptors (Lipinski definition) is 10. The van der Waals surface area contributed by atoms with Crippen LogP contribution in [0.25, 0.3) is 0 Å². The van der Waals surface area contributed by atoms with Crippen molar-refractivity contribution in [3.05, 3.63) is 111 Å². The Hall–Kier alpha value is -6.27. The van der Waals surface area contributed by atoms with Crippen molar-refractivity contribution in [1.29, 1.82) is 0 Å². The number of imide groups is 1. The molecule has 7 heterocycles. The summed E-state index contributed by atoms with van der Waals surface area (Å²) in [7, 11) is 1.42. The van der Waals surface area contributed by atoms with E-state index >= 15 is 4.39 Å². The number of halogens is 5. The number of aromatic nitrogens is 1. The number of ether oxygens (including phenoxy) is 1. The number of nitrogens with one attached hydrogen (secondary N) is 4. The molecule has 0 radical (unpaired) electrons. The normalized spacial score (nSPS) is 26.3. The molecule has 6 aliphatic rings. The predicted molar refractivity (Wildman–Crippen MR) is 248 cm³/mol. The molecule has 4 saturated heterocycles. The number of rotatable bonds is 8. The third-order valence-electron chi connectivity index (χ3n) is 14.9. The zero-order valence-electron chi connectivity index (χ0n) is 38.3. The van der Waals surface area contributed by atoms with Gasteiger partial charge < -0.3 is 35.4 Å². The Bertz CT molecular complexity index is 2810. The SMILES string of the molecule is COc1cc(C(=O)N2C[C@H]3CN(c4ccc5c(c4)CN(C4CCC(=O)NC4=O)C5=O)C[C@@H]3C2)ccc1NC(=O)[C@@H]1N[C@@H](CC(C)(C)C)[C@@]2(CNc3cc(C(F)(F)F)ncc32)[C@H]1c1cccc(Cl)c1F. The lowest BCUT2D eigenvalue weighted by molar-refractivity contribution is -0.141. The lowest BCUT2D eigenvalue weighted by Gasteiger charge is -2.39. The predicted octanol–water partition coefficient (Wildman–Crippen LogP) is 6.73. The minimum Gasteiger partial charge on any atom is -0.495 e. The number of fused-ring (bicyclic) bond motifs is 4. The number of piperidine rings is 1. The highest BCUT2D eigenvalue weighted by Crippen LogP contribution is 2.57. The maximum Gasteiger partial charge on any atom is 0.433 e. The molecule has 4 fully saturated rings. The largest absolute Gasteiger partial charge is 0.495 e. The van der Waals surface area contributed by atoms with Crippen LogP contribution >= 0.6 is 11.6 Å². The highest BCUT2D eigenvalue weighted by molar-refractivity contribution is 6.30. The second kappa shape index (κ2) is 17.0. The first-order valence-electron chi connectivity index (χ1n) is 23.1. The molecule has 6 aliphatic heterocycles. The highest BCUT2D eigenvalue weighted by atomic mass is 35.5. The number of anilines is 3. The zero-order valence-corrected chi connectivity index (χ0v) is 39.1. The number of likely N-dealkylation sites (tertiary alicyclic amines) is 1. The van der Waals surface area contributed by atoms with Crippen molar-refractivity contribution >= 4 is 58.2 Å². The summed E-state index contributed by atoms with van der Waals surface area (Å²) in [5, 5.41) is 11.8. The van der Waals surface area contributed by atoms with Gasteiger partial charge in [0, 0.05) is 109 Å². The number of amides is 5. The fourth-order valence-corrected chi connectivity index (χ4v) is 12.0. The molecule has 0 bridgehead atoms. The van der Waals surface area contributed by atoms with Crippen LogP contribution in [0.4, 0.5) is 34.6 Å². The van der Waals surface area contributed by atoms with Gasteiger partial charge in [0.1, 0.15) is 23.3 Å². The van der Waals surface area contributed by atoms with E-state index in [9.17, 15) is 37.1 Å². The van der Waals surface area contributed by atoms with E-state index in [2.05, 4.69) is 31.2 Å². The van der Waals surface area contributed by atoms with Gasteiger partial charge in [-0.15, -0.1) is 0 Å². The molecule has 4 aromatic rings. The number of methoxy groups -OCH3 is 1. The average Bonchev–Trinajstić information content (AvgIpc) is 4.12. The molecule has 10 rings (SSSR count). The molecular weight excluding hydrogens is 920 g/mol. The number of hydrogen-bond donors (Lipinski definition) is 4. The fraction of sp³-hybridized carbons (Fsp3) is 0.440. The van der Waals surface area contributed by atoms with Crippen molar-refractivity contribution in [2.45, 2.75) is 82.2 Å². The van der Waals surface area contributed by atoms with Crippen LogP contribution in [0.3, 0.4) is 0 Å². The molecule has 4 N–H and O–H groups in total. The summed E-state index contributed by atoms with van der Waals surface area (Å²) >= 11 is 6.37. The van der Waals surface area contributed by atoms with E-state index in [0.29, 0.717) is 49.3 Å². The lowest BCUT2D eigenvalue weighted by Crippen LogP contribution is -2.52. The minimum atomic E-state index is -4.70. The number of alkyl halides is 3. The van der Waals surface area contributed by atoms with Gasteiger partial charge in [-0.05, 0) is 77.9 Å². The van der Waals surface area contributed by atoms with Crippen molar-refractivity contribution in [2.24, 2.45) is 17.3 Å². The Morgan fingerprint density at radius 2 is 1.74 bits per heavy atom. The molecule has 1 aromatic heterocycles. The summed E-state index contributed by atoms with van der Waals surface area (Å²) in [4.78, 5) is 75.8. The van der Waals surface area contributed by atoms with Gasteiger partial charge in [0.05, 0.1) is 23.9 Å². The Morgan fingerprint density at radius 1 is 0.986 bits per heavy atom. The van der Waals surface area contributed by atoms with Crippen LogP contribution in [0, 0.1) is 23.1 Å². The van der Waals surface area contributed by atoms with E-state index < -0.39 is 59.0 Å². The van der Waals surface area contributed by atoms with Crippen LogP contribution in [-0.4, -0.2) is 102 Å². The summed E-state index contributed by atoms with van der Waals surface area (Å²) < 4.78 is 63.7. The zero-order chi connectivity index (χ0) is 48.9. The molecule has 69 heavy (non-hydrogen) atoms. The van der Waals surface area contributed by atoms with Gasteiger partial charge in [-0.3, -0.25) is 34.3 Å². The monoisotopic (exact) mass is 970 g/mol. The van der Waals surface area contributed by atoms with Gasteiger partial charge in [-0.2, -0.15) is 13.2 Å². The molecule has 0 saturated carbocycles. The van der Waals surface area contributed by atoms with Gasteiger partial charge in [0.2, 0.25) is 17.7 Å². The summed E-state index contributed by atoms with van der Waals surface area (Å²) in [6, 6.07) is 13.6. The van der Waals surface area contributed by atoms with Gasteiger partial charge in [0.15, 0.2) is 0 Å². The maximum atomic E-state index is 16.3. The summed E-state index contributed by atoms with van der Waals surface area (Å²) in [5.74, 6) is -2.90. The maximum absolute atomic E-state index is 16.3. The van der Waals surface area contributed by atoms with Gasteiger partial charge in [0.25, 0.3) is 11.8 Å². The Kier molecular flexibility index (Phi) is 11.4. The molecule has 1 unspecified atom stereocenters. The van der Waals surface area contributed by atoms with Crippen LogP contribution in [0.2, 0.25) is 5.02 Å². The van der Waals surface area contributed by atoms with E-state index in [4.69, 9.17) is 16.3 Å². The molecule has 14 nitrogen and oxygen atoms in total. The quantitative estimate of drug-likeness (QED) is 0.110. The molecule has 1 spiro atoms. The van der Waals surface area contributed by atoms with Gasteiger partial charge in [-0.25, -0.2) is 4.39 Å². The van der Waals surface area contributed by atoms with Crippen molar-refractivity contribution in [3.8, 4) is 5.75 Å². The summed E-state index contributed by atoms with van der Waals surface area (Å²) in [5.41, 5.74) is 1.12. The highest BCUT2D eigenvalue weighted by Gasteiger charge is 2.62. The number of pyridine rings is 1. The fourth-order valence-electron chi connectivity index (χ4n) is 11.8. The minimum absolute atomic E-state index is 0.0824. The number of nitrogens with zero attached hydrogens (tertiary/aromatic N) is 4. The molecule has 7 atom stereocenters. The van der Waals surface area contributed by atoms with Gasteiger partial charge >= 0.3 is 6.18 Å². The first-order valence-corrected chi connectivity index (χ1v) is 23.4. The average molecular weight is 971 g/mol. The standard InChI is InChI=1S/C50H51ClF4N8O6/c1-48(2,3)17-39-49(24-57-35-16-38(50(53,54)55)56-18-32(35)49)41(31-6-5-7-33(51)42(31)52)43(59-39)45(66)58-34-11-8-25(15-37(34)69-4)46(67)62-21-27-19-61(20-28(27)22-62)29-9-10-30-26(14-29)23-63(47(30)68)36-12-13-40(64)60-44(36)65/h5-11,14-16,18,27-28,36,39,41,43,57,59H,12-13,17,19-24H2,1-4H3,(H,58,66)(H,60,64,65)/t27-,28-,36?,39+,41+,43-,49+/m1/s1. The van der Waals surface area contributed by atoms with Crippen molar-refractivity contribution in [3.63, 3.8) is 0 Å². The first kappa shape index (κ1) is 46.5. The van der Waals surface area contributed by atoms with E-state index in [1.807, 2.05) is 37.8 Å². The van der Waals surface area contributed by atoms with Crippen molar-refractivity contribution in [2.75, 3.05) is 55.4 Å². The number of carbonyl (C=O) groups excluding carboxylic acids is 5. The second-order valence-electron chi connectivity index (χ2n) is 20.4. The summed E-state index contributed by atoms with van der Waals surface area (Å²) in [6.45, 7) is 8.84. The smallest absolute Gasteiger partial charge is 0.433 e. The Labute approximate surface area is 400 Å². The van der Waals surface area contributed by atoms with Crippen LogP contribution in [0.15, 0.2) is 66.9 Å². The number of benzene rings is 3. The topological polar surface area (TPSA) is 165 Å². The van der Waals surface area contributed by atoms with E-state index in [1.54, 1.807) is 36.4 Å². The van der Waals surface area contributed by atoms with E-state index in [-0.39, 0.29) is 88.6 Å². The molecule has 362 valence electrons. The van der Waals surface area contributed by atoms with Gasteiger partial charge in [-0.1, -0.05) is 44.5 Å². The third-order valence-corrected chi connectivity index (χ3v) is 15.2. The third kappa shape index (κ3) is 8.12. The summed E-state index contributed by atoms with van der Waals surface area (Å²) in [6.07, 6.45) is -2.59.